The molecule has 1 aliphatic carbocycles. The highest BCUT2D eigenvalue weighted by molar-refractivity contribution is 5.83. The minimum absolute atomic E-state index is 0.243. The van der Waals surface area contributed by atoms with Crippen LogP contribution in [0.25, 0.3) is 0 Å². The van der Waals surface area contributed by atoms with Gasteiger partial charge in [0.15, 0.2) is 0 Å². The van der Waals surface area contributed by atoms with E-state index in [0.717, 1.165) is 32.1 Å². The van der Waals surface area contributed by atoms with Crippen molar-refractivity contribution in [3.8, 4) is 0 Å². The molecule has 4 nitrogen and oxygen atoms in total. The second-order valence-corrected chi connectivity index (χ2v) is 6.95. The Bertz CT molecular complexity index is 403. The lowest BCUT2D eigenvalue weighted by Gasteiger charge is -2.24. The summed E-state index contributed by atoms with van der Waals surface area (Å²) in [6.07, 6.45) is 15.4. The van der Waals surface area contributed by atoms with Crippen LogP contribution in [-0.4, -0.2) is 25.2 Å². The lowest BCUT2D eigenvalue weighted by Crippen LogP contribution is -2.33. The molecule has 4 heteroatoms. The molecule has 144 valence electrons. The number of ether oxygens (including phenoxy) is 2. The van der Waals surface area contributed by atoms with E-state index in [-0.39, 0.29) is 17.9 Å². The third-order valence-corrected chi connectivity index (χ3v) is 4.73. The predicted octanol–water partition coefficient (Wildman–Crippen LogP) is 5.21. The lowest BCUT2D eigenvalue weighted by atomic mass is 9.84. The van der Waals surface area contributed by atoms with Crippen molar-refractivity contribution in [2.75, 3.05) is 13.2 Å². The van der Waals surface area contributed by atoms with E-state index in [1.165, 1.54) is 32.1 Å². The first-order valence-electron chi connectivity index (χ1n) is 10.2. The fourth-order valence-electron chi connectivity index (χ4n) is 3.09. The van der Waals surface area contributed by atoms with Crippen LogP contribution in [0.4, 0.5) is 0 Å². The highest BCUT2D eigenvalue weighted by Crippen LogP contribution is 2.27. The summed E-state index contributed by atoms with van der Waals surface area (Å²) in [7, 11) is 0. The Balaban J connectivity index is 2.27. The van der Waals surface area contributed by atoms with Crippen LogP contribution < -0.4 is 0 Å². The third-order valence-electron chi connectivity index (χ3n) is 4.73. The van der Waals surface area contributed by atoms with Crippen molar-refractivity contribution in [2.24, 2.45) is 11.8 Å². The van der Waals surface area contributed by atoms with Crippen LogP contribution in [0.2, 0.25) is 0 Å². The van der Waals surface area contributed by atoms with Gasteiger partial charge in [-0.1, -0.05) is 70.9 Å². The fraction of sp³-hybridized carbons (Fsp3) is 0.810. The molecular weight excluding hydrogens is 316 g/mol. The summed E-state index contributed by atoms with van der Waals surface area (Å²) in [5, 5.41) is 0. The Morgan fingerprint density at radius 2 is 1.44 bits per heavy atom. The molecule has 0 bridgehead atoms. The minimum atomic E-state index is -0.479. The van der Waals surface area contributed by atoms with Crippen LogP contribution >= 0.6 is 0 Å². The molecule has 0 aromatic heterocycles. The number of rotatable bonds is 13. The normalized spacial score (nSPS) is 19.6. The Morgan fingerprint density at radius 3 is 2.16 bits per heavy atom. The molecule has 0 aromatic rings. The Hall–Kier alpha value is -1.32. The van der Waals surface area contributed by atoms with Gasteiger partial charge in [-0.25, -0.2) is 0 Å². The van der Waals surface area contributed by atoms with Gasteiger partial charge in [0.2, 0.25) is 0 Å². The standard InChI is InChI=1S/C21H36O4/c1-3-5-7-8-9-10-13-17-25-21(23)19-15-12-11-14-18(19)20(22)24-16-6-4-2/h11,14,18-19H,3-10,12-13,15-17H2,1-2H3. The molecule has 0 aromatic carbocycles. The molecular formula is C21H36O4. The predicted molar refractivity (Wildman–Crippen MR) is 100 cm³/mol. The molecule has 0 amide bonds. The number of unbranched alkanes of at least 4 members (excludes halogenated alkanes) is 7. The average molecular weight is 353 g/mol. The molecule has 2 unspecified atom stereocenters. The quantitative estimate of drug-likeness (QED) is 0.259. The van der Waals surface area contributed by atoms with Gasteiger partial charge in [-0.2, -0.15) is 0 Å². The van der Waals surface area contributed by atoms with Crippen molar-refractivity contribution in [3.05, 3.63) is 12.2 Å². The summed E-state index contributed by atoms with van der Waals surface area (Å²) in [6.45, 7) is 5.16. The first-order chi connectivity index (χ1) is 12.2. The first kappa shape index (κ1) is 21.7. The van der Waals surface area contributed by atoms with Gasteiger partial charge >= 0.3 is 11.9 Å². The third kappa shape index (κ3) is 9.08. The number of hydrogen-bond donors (Lipinski definition) is 0. The van der Waals surface area contributed by atoms with Gasteiger partial charge in [0.1, 0.15) is 0 Å². The summed E-state index contributed by atoms with van der Waals surface area (Å²) < 4.78 is 10.7. The van der Waals surface area contributed by atoms with Gasteiger partial charge in [-0.15, -0.1) is 0 Å². The molecule has 1 rings (SSSR count). The number of hydrogen-bond acceptors (Lipinski definition) is 4. The summed E-state index contributed by atoms with van der Waals surface area (Å²) >= 11 is 0. The topological polar surface area (TPSA) is 52.6 Å². The zero-order chi connectivity index (χ0) is 18.3. The fourth-order valence-corrected chi connectivity index (χ4v) is 3.09. The summed E-state index contributed by atoms with van der Waals surface area (Å²) in [5.74, 6) is -1.40. The van der Waals surface area contributed by atoms with E-state index in [1.807, 2.05) is 12.2 Å². The number of allylic oxidation sites excluding steroid dienone is 1. The van der Waals surface area contributed by atoms with Gasteiger partial charge in [0.05, 0.1) is 25.0 Å². The van der Waals surface area contributed by atoms with Gasteiger partial charge in [-0.3, -0.25) is 9.59 Å². The molecule has 0 saturated heterocycles. The van der Waals surface area contributed by atoms with Crippen LogP contribution in [0.15, 0.2) is 12.2 Å². The zero-order valence-corrected chi connectivity index (χ0v) is 16.1. The Morgan fingerprint density at radius 1 is 0.840 bits per heavy atom. The van der Waals surface area contributed by atoms with Crippen molar-refractivity contribution >= 4 is 11.9 Å². The molecule has 0 N–H and O–H groups in total. The Kier molecular flexibility index (Phi) is 12.1. The van der Waals surface area contributed by atoms with E-state index in [2.05, 4.69) is 13.8 Å². The van der Waals surface area contributed by atoms with Gasteiger partial charge in [-0.05, 0) is 25.7 Å². The van der Waals surface area contributed by atoms with Gasteiger partial charge in [0.25, 0.3) is 0 Å². The number of carbonyl (C=O) groups excluding carboxylic acids is 2. The highest BCUT2D eigenvalue weighted by atomic mass is 16.5. The highest BCUT2D eigenvalue weighted by Gasteiger charge is 2.35. The largest absolute Gasteiger partial charge is 0.465 e. The van der Waals surface area contributed by atoms with Crippen molar-refractivity contribution in [2.45, 2.75) is 84.5 Å². The van der Waals surface area contributed by atoms with Crippen molar-refractivity contribution in [1.29, 1.82) is 0 Å². The molecule has 2 atom stereocenters. The summed E-state index contributed by atoms with van der Waals surface area (Å²) in [4.78, 5) is 24.6. The monoisotopic (exact) mass is 352 g/mol. The molecule has 0 saturated carbocycles. The SMILES string of the molecule is CCCCCCCCCOC(=O)C1CCC=CC1C(=O)OCCCC. The van der Waals surface area contributed by atoms with Gasteiger partial charge < -0.3 is 9.47 Å². The zero-order valence-electron chi connectivity index (χ0n) is 16.1. The molecule has 25 heavy (non-hydrogen) atoms. The second-order valence-electron chi connectivity index (χ2n) is 6.95. The van der Waals surface area contributed by atoms with Crippen molar-refractivity contribution < 1.29 is 19.1 Å². The van der Waals surface area contributed by atoms with Crippen LogP contribution in [-0.2, 0) is 19.1 Å². The molecule has 1 aliphatic rings. The van der Waals surface area contributed by atoms with E-state index in [1.54, 1.807) is 0 Å². The summed E-state index contributed by atoms with van der Waals surface area (Å²) in [5.41, 5.74) is 0. The van der Waals surface area contributed by atoms with Crippen molar-refractivity contribution in [1.82, 2.24) is 0 Å². The maximum atomic E-state index is 12.4. The molecule has 0 radical (unpaired) electrons. The number of carbonyl (C=O) groups is 2. The Labute approximate surface area is 153 Å². The van der Waals surface area contributed by atoms with Crippen molar-refractivity contribution in [3.63, 3.8) is 0 Å². The van der Waals surface area contributed by atoms with Crippen LogP contribution in [0.3, 0.4) is 0 Å². The van der Waals surface area contributed by atoms with E-state index in [0.29, 0.717) is 19.6 Å². The molecule has 0 fully saturated rings. The lowest BCUT2D eigenvalue weighted by molar-refractivity contribution is -0.159. The van der Waals surface area contributed by atoms with Crippen LogP contribution in [0, 0.1) is 11.8 Å². The number of esters is 2. The maximum Gasteiger partial charge on any atom is 0.313 e. The van der Waals surface area contributed by atoms with E-state index in [4.69, 9.17) is 9.47 Å². The first-order valence-corrected chi connectivity index (χ1v) is 10.2. The second kappa shape index (κ2) is 13.9. The summed E-state index contributed by atoms with van der Waals surface area (Å²) in [6, 6.07) is 0. The van der Waals surface area contributed by atoms with Gasteiger partial charge in [0, 0.05) is 0 Å². The molecule has 0 aliphatic heterocycles. The van der Waals surface area contributed by atoms with E-state index < -0.39 is 5.92 Å². The molecule has 0 heterocycles. The smallest absolute Gasteiger partial charge is 0.313 e. The minimum Gasteiger partial charge on any atom is -0.465 e. The van der Waals surface area contributed by atoms with E-state index >= 15 is 0 Å². The average Bonchev–Trinajstić information content (AvgIpc) is 2.64. The molecule has 0 spiro atoms. The maximum absolute atomic E-state index is 12.4. The van der Waals surface area contributed by atoms with Crippen LogP contribution in [0.5, 0.6) is 0 Å². The van der Waals surface area contributed by atoms with E-state index in [9.17, 15) is 9.59 Å². The van der Waals surface area contributed by atoms with Crippen LogP contribution in [0.1, 0.15) is 84.5 Å².